The molecular weight excluding hydrogens is 276 g/mol. The molecule has 112 valence electrons. The Balaban J connectivity index is 2.64. The number of nitrogens with one attached hydrogen (secondary N) is 2. The quantitative estimate of drug-likeness (QED) is 0.876. The third kappa shape index (κ3) is 5.39. The molecule has 0 bridgehead atoms. The Morgan fingerprint density at radius 3 is 2.55 bits per heavy atom. The van der Waals surface area contributed by atoms with Crippen molar-refractivity contribution in [2.75, 3.05) is 19.0 Å². The Morgan fingerprint density at radius 2 is 2.00 bits per heavy atom. The van der Waals surface area contributed by atoms with Crippen LogP contribution in [0, 0.1) is 6.92 Å². The summed E-state index contributed by atoms with van der Waals surface area (Å²) in [7, 11) is 1.55. The molecule has 0 heterocycles. The molecule has 0 saturated heterocycles. The van der Waals surface area contributed by atoms with Gasteiger partial charge in [0.1, 0.15) is 5.75 Å². The second-order valence-corrected chi connectivity index (χ2v) is 6.18. The largest absolute Gasteiger partial charge is 0.495 e. The third-order valence-electron chi connectivity index (χ3n) is 2.76. The molecule has 1 aromatic rings. The van der Waals surface area contributed by atoms with E-state index in [1.165, 1.54) is 0 Å². The van der Waals surface area contributed by atoms with Crippen molar-refractivity contribution in [3.63, 3.8) is 0 Å². The van der Waals surface area contributed by atoms with Crippen LogP contribution >= 0.6 is 11.6 Å². The van der Waals surface area contributed by atoms with Crippen LogP contribution in [-0.4, -0.2) is 25.1 Å². The normalized spacial score (nSPS) is 11.3. The molecule has 5 heteroatoms. The number of halogens is 1. The average Bonchev–Trinajstić information content (AvgIpc) is 2.31. The fraction of sp³-hybridized carbons (Fsp3) is 0.533. The van der Waals surface area contributed by atoms with Crippen LogP contribution in [0.4, 0.5) is 5.69 Å². The lowest BCUT2D eigenvalue weighted by Gasteiger charge is -2.20. The Labute approximate surface area is 125 Å². The van der Waals surface area contributed by atoms with Gasteiger partial charge in [-0.15, -0.1) is 0 Å². The highest BCUT2D eigenvalue weighted by molar-refractivity contribution is 6.31. The summed E-state index contributed by atoms with van der Waals surface area (Å²) >= 11 is 6.03. The van der Waals surface area contributed by atoms with Crippen molar-refractivity contribution in [3.8, 4) is 5.75 Å². The van der Waals surface area contributed by atoms with Crippen molar-refractivity contribution in [1.82, 2.24) is 5.32 Å². The van der Waals surface area contributed by atoms with E-state index in [1.807, 2.05) is 13.0 Å². The van der Waals surface area contributed by atoms with Crippen LogP contribution in [0.15, 0.2) is 12.1 Å². The van der Waals surface area contributed by atoms with E-state index in [2.05, 4.69) is 31.4 Å². The van der Waals surface area contributed by atoms with Crippen molar-refractivity contribution in [1.29, 1.82) is 0 Å². The van der Waals surface area contributed by atoms with Crippen molar-refractivity contribution in [3.05, 3.63) is 22.7 Å². The highest BCUT2D eigenvalue weighted by Gasteiger charge is 2.12. The molecule has 2 N–H and O–H groups in total. The molecular formula is C15H23ClN2O2. The van der Waals surface area contributed by atoms with Crippen LogP contribution in [0.5, 0.6) is 5.75 Å². The monoisotopic (exact) mass is 298 g/mol. The van der Waals surface area contributed by atoms with Gasteiger partial charge < -0.3 is 15.4 Å². The first-order valence-corrected chi connectivity index (χ1v) is 7.00. The van der Waals surface area contributed by atoms with Gasteiger partial charge in [0.25, 0.3) is 0 Å². The van der Waals surface area contributed by atoms with Crippen molar-refractivity contribution in [2.24, 2.45) is 0 Å². The highest BCUT2D eigenvalue weighted by Crippen LogP contribution is 2.30. The number of methoxy groups -OCH3 is 1. The molecule has 4 nitrogen and oxygen atoms in total. The maximum Gasteiger partial charge on any atom is 0.225 e. The van der Waals surface area contributed by atoms with Crippen LogP contribution in [0.3, 0.4) is 0 Å². The molecule has 0 aliphatic carbocycles. The van der Waals surface area contributed by atoms with Crippen LogP contribution in [0.2, 0.25) is 5.02 Å². The first-order valence-electron chi connectivity index (χ1n) is 6.62. The average molecular weight is 299 g/mol. The minimum Gasteiger partial charge on any atom is -0.495 e. The Morgan fingerprint density at radius 1 is 1.35 bits per heavy atom. The van der Waals surface area contributed by atoms with E-state index in [1.54, 1.807) is 13.2 Å². The van der Waals surface area contributed by atoms with Crippen LogP contribution < -0.4 is 15.4 Å². The minimum absolute atomic E-state index is 0.00876. The molecule has 0 unspecified atom stereocenters. The maximum atomic E-state index is 11.9. The smallest absolute Gasteiger partial charge is 0.225 e. The van der Waals surface area contributed by atoms with Gasteiger partial charge in [-0.3, -0.25) is 4.79 Å². The van der Waals surface area contributed by atoms with Gasteiger partial charge >= 0.3 is 0 Å². The maximum absolute atomic E-state index is 11.9. The molecule has 0 radical (unpaired) electrons. The summed E-state index contributed by atoms with van der Waals surface area (Å²) in [6, 6.07) is 3.52. The second kappa shape index (κ2) is 6.95. The Hall–Kier alpha value is -1.26. The van der Waals surface area contributed by atoms with Crippen LogP contribution in [0.25, 0.3) is 0 Å². The fourth-order valence-electron chi connectivity index (χ4n) is 1.69. The summed E-state index contributed by atoms with van der Waals surface area (Å²) in [5.41, 5.74) is 1.56. The van der Waals surface area contributed by atoms with Crippen LogP contribution in [0.1, 0.15) is 32.8 Å². The van der Waals surface area contributed by atoms with Gasteiger partial charge in [0.2, 0.25) is 5.91 Å². The molecule has 1 rings (SSSR count). The van der Waals surface area contributed by atoms with Crippen molar-refractivity contribution in [2.45, 2.75) is 39.7 Å². The summed E-state index contributed by atoms with van der Waals surface area (Å²) in [6.07, 6.45) is 0.405. The summed E-state index contributed by atoms with van der Waals surface area (Å²) < 4.78 is 5.23. The summed E-state index contributed by atoms with van der Waals surface area (Å²) in [4.78, 5) is 11.9. The summed E-state index contributed by atoms with van der Waals surface area (Å²) in [5, 5.41) is 6.75. The van der Waals surface area contributed by atoms with Crippen LogP contribution in [-0.2, 0) is 4.79 Å². The van der Waals surface area contributed by atoms with Crippen molar-refractivity contribution >= 4 is 23.2 Å². The molecule has 0 saturated carbocycles. The van der Waals surface area contributed by atoms with E-state index < -0.39 is 0 Å². The fourth-order valence-corrected chi connectivity index (χ4v) is 1.85. The van der Waals surface area contributed by atoms with E-state index >= 15 is 0 Å². The van der Waals surface area contributed by atoms with E-state index in [0.717, 1.165) is 5.56 Å². The van der Waals surface area contributed by atoms with E-state index in [-0.39, 0.29) is 11.4 Å². The van der Waals surface area contributed by atoms with E-state index in [0.29, 0.717) is 29.4 Å². The summed E-state index contributed by atoms with van der Waals surface area (Å²) in [6.45, 7) is 8.71. The van der Waals surface area contributed by atoms with Gasteiger partial charge in [0.15, 0.2) is 0 Å². The minimum atomic E-state index is -0.0539. The number of ether oxygens (including phenoxy) is 1. The molecule has 0 fully saturated rings. The molecule has 1 amide bonds. The second-order valence-electron chi connectivity index (χ2n) is 5.78. The zero-order chi connectivity index (χ0) is 15.3. The number of anilines is 1. The predicted molar refractivity (Wildman–Crippen MR) is 83.7 cm³/mol. The molecule has 0 spiro atoms. The van der Waals surface area contributed by atoms with Gasteiger partial charge in [-0.2, -0.15) is 0 Å². The first kappa shape index (κ1) is 16.8. The molecule has 1 aromatic carbocycles. The number of carbonyl (C=O) groups is 1. The Bertz CT molecular complexity index is 481. The molecule has 0 aliphatic heterocycles. The molecule has 0 atom stereocenters. The van der Waals surface area contributed by atoms with Gasteiger partial charge in [0.05, 0.1) is 12.8 Å². The lowest BCUT2D eigenvalue weighted by atomic mass is 10.1. The number of hydrogen-bond acceptors (Lipinski definition) is 3. The zero-order valence-electron chi connectivity index (χ0n) is 12.8. The number of amides is 1. The first-order chi connectivity index (χ1) is 9.23. The van der Waals surface area contributed by atoms with Gasteiger partial charge in [0, 0.05) is 29.6 Å². The summed E-state index contributed by atoms with van der Waals surface area (Å²) in [5.74, 6) is 0.513. The molecule has 0 aliphatic rings. The number of benzene rings is 1. The molecule has 0 aromatic heterocycles. The Kier molecular flexibility index (Phi) is 5.84. The molecule has 20 heavy (non-hydrogen) atoms. The van der Waals surface area contributed by atoms with Gasteiger partial charge in [-0.05, 0) is 39.3 Å². The van der Waals surface area contributed by atoms with Gasteiger partial charge in [-0.25, -0.2) is 0 Å². The predicted octanol–water partition coefficient (Wildman–Crippen LogP) is 3.37. The number of carbonyl (C=O) groups excluding carboxylic acids is 1. The third-order valence-corrected chi connectivity index (χ3v) is 3.17. The number of rotatable bonds is 5. The topological polar surface area (TPSA) is 50.4 Å². The van der Waals surface area contributed by atoms with Crippen molar-refractivity contribution < 1.29 is 9.53 Å². The number of aryl methyl sites for hydroxylation is 1. The number of hydrogen-bond donors (Lipinski definition) is 2. The lowest BCUT2D eigenvalue weighted by molar-refractivity contribution is -0.116. The SMILES string of the molecule is COc1cc(Cl)c(C)cc1NC(=O)CCNC(C)(C)C. The standard InChI is InChI=1S/C15H23ClN2O2/c1-10-8-12(13(20-5)9-11(10)16)18-14(19)6-7-17-15(2,3)4/h8-9,17H,6-7H2,1-5H3,(H,18,19). The van der Waals surface area contributed by atoms with Gasteiger partial charge in [-0.1, -0.05) is 11.6 Å². The van der Waals surface area contributed by atoms with E-state index in [9.17, 15) is 4.79 Å². The lowest BCUT2D eigenvalue weighted by Crippen LogP contribution is -2.37. The zero-order valence-corrected chi connectivity index (χ0v) is 13.5. The highest BCUT2D eigenvalue weighted by atomic mass is 35.5. The van der Waals surface area contributed by atoms with E-state index in [4.69, 9.17) is 16.3 Å².